The van der Waals surface area contributed by atoms with Gasteiger partial charge in [0.2, 0.25) is 0 Å². The zero-order valence-corrected chi connectivity index (χ0v) is 17.1. The van der Waals surface area contributed by atoms with E-state index >= 15 is 0 Å². The Morgan fingerprint density at radius 1 is 1.22 bits per heavy atom. The van der Waals surface area contributed by atoms with E-state index in [0.717, 1.165) is 5.39 Å². The zero-order valence-electron chi connectivity index (χ0n) is 12.0. The highest BCUT2D eigenvalue weighted by Gasteiger charge is 2.22. The first kappa shape index (κ1) is 17.0. The topological polar surface area (TPSA) is 50.4 Å². The average Bonchev–Trinajstić information content (AvgIpc) is 2.89. The normalized spacial score (nSPS) is 11.1. The van der Waals surface area contributed by atoms with Crippen molar-refractivity contribution in [3.63, 3.8) is 0 Å². The van der Waals surface area contributed by atoms with Crippen molar-refractivity contribution in [2.24, 2.45) is 0 Å². The number of benzene rings is 2. The lowest BCUT2D eigenvalue weighted by Gasteiger charge is -2.06. The van der Waals surface area contributed by atoms with Crippen LogP contribution in [0.5, 0.6) is 5.75 Å². The number of aromatic hydroxyl groups is 1. The van der Waals surface area contributed by atoms with Gasteiger partial charge in [-0.2, -0.15) is 0 Å². The van der Waals surface area contributed by atoms with Crippen LogP contribution in [0.4, 0.5) is 0 Å². The molecule has 0 bridgehead atoms. The van der Waals surface area contributed by atoms with Crippen molar-refractivity contribution in [2.75, 3.05) is 0 Å². The van der Waals surface area contributed by atoms with Crippen LogP contribution in [-0.4, -0.2) is 10.9 Å². The SMILES string of the molecule is CCc1oc2ccc(Cl)cc2c1C(=O)c1cc(I)c(O)c(I)c1. The number of halogens is 3. The summed E-state index contributed by atoms with van der Waals surface area (Å²) in [5.74, 6) is 0.711. The number of carbonyl (C=O) groups is 1. The van der Waals surface area contributed by atoms with Gasteiger partial charge in [0.05, 0.1) is 12.7 Å². The van der Waals surface area contributed by atoms with E-state index in [-0.39, 0.29) is 11.5 Å². The molecule has 0 unspecified atom stereocenters. The fourth-order valence-electron chi connectivity index (χ4n) is 2.46. The molecular weight excluding hydrogens is 541 g/mol. The van der Waals surface area contributed by atoms with Gasteiger partial charge in [0, 0.05) is 22.4 Å². The maximum Gasteiger partial charge on any atom is 0.197 e. The number of hydrogen-bond donors (Lipinski definition) is 1. The molecule has 1 heterocycles. The summed E-state index contributed by atoms with van der Waals surface area (Å²) in [4.78, 5) is 13.0. The van der Waals surface area contributed by atoms with Crippen molar-refractivity contribution < 1.29 is 14.3 Å². The first-order valence-corrected chi connectivity index (χ1v) is 9.39. The van der Waals surface area contributed by atoms with E-state index in [1.54, 1.807) is 30.3 Å². The number of phenolic OH excluding ortho intramolecular Hbond substituents is 1. The Morgan fingerprint density at radius 2 is 1.87 bits per heavy atom. The lowest BCUT2D eigenvalue weighted by molar-refractivity contribution is 0.103. The number of furan rings is 1. The second kappa shape index (κ2) is 6.60. The molecule has 118 valence electrons. The van der Waals surface area contributed by atoms with Gasteiger partial charge in [-0.05, 0) is 75.5 Å². The summed E-state index contributed by atoms with van der Waals surface area (Å²) in [7, 11) is 0. The van der Waals surface area contributed by atoms with Gasteiger partial charge in [-0.25, -0.2) is 0 Å². The number of carbonyl (C=O) groups excluding carboxylic acids is 1. The van der Waals surface area contributed by atoms with Crippen LogP contribution < -0.4 is 0 Å². The number of phenols is 1. The largest absolute Gasteiger partial charge is 0.506 e. The van der Waals surface area contributed by atoms with Crippen LogP contribution >= 0.6 is 56.8 Å². The molecule has 23 heavy (non-hydrogen) atoms. The minimum absolute atomic E-state index is 0.126. The molecule has 0 spiro atoms. The molecule has 0 atom stereocenters. The first-order chi connectivity index (χ1) is 10.9. The summed E-state index contributed by atoms with van der Waals surface area (Å²) < 4.78 is 7.08. The predicted molar refractivity (Wildman–Crippen MR) is 108 cm³/mol. The lowest BCUT2D eigenvalue weighted by atomic mass is 9.99. The van der Waals surface area contributed by atoms with Gasteiger partial charge in [0.25, 0.3) is 0 Å². The number of rotatable bonds is 3. The molecule has 1 N–H and O–H groups in total. The summed E-state index contributed by atoms with van der Waals surface area (Å²) >= 11 is 10.1. The highest BCUT2D eigenvalue weighted by molar-refractivity contribution is 14.1. The minimum atomic E-state index is -0.126. The molecular formula is C17H11ClI2O3. The van der Waals surface area contributed by atoms with E-state index in [4.69, 9.17) is 16.0 Å². The highest BCUT2D eigenvalue weighted by Crippen LogP contribution is 2.33. The first-order valence-electron chi connectivity index (χ1n) is 6.86. The third kappa shape index (κ3) is 3.10. The number of hydrogen-bond acceptors (Lipinski definition) is 3. The highest BCUT2D eigenvalue weighted by atomic mass is 127. The van der Waals surface area contributed by atoms with Crippen molar-refractivity contribution in [3.05, 3.63) is 59.4 Å². The standard InChI is InChI=1S/C17H11ClI2O3/c1-2-13-15(10-7-9(18)3-4-14(10)23-13)16(21)8-5-11(19)17(22)12(20)6-8/h3-7,22H,2H2,1H3. The van der Waals surface area contributed by atoms with E-state index < -0.39 is 0 Å². The second-order valence-electron chi connectivity index (χ2n) is 5.01. The van der Waals surface area contributed by atoms with Crippen LogP contribution in [0.3, 0.4) is 0 Å². The van der Waals surface area contributed by atoms with Crippen LogP contribution in [0.15, 0.2) is 34.7 Å². The molecule has 0 fully saturated rings. The quantitative estimate of drug-likeness (QED) is 0.331. The van der Waals surface area contributed by atoms with Gasteiger partial charge in [-0.3, -0.25) is 4.79 Å². The molecule has 3 rings (SSSR count). The van der Waals surface area contributed by atoms with Crippen LogP contribution in [0.2, 0.25) is 5.02 Å². The van der Waals surface area contributed by atoms with E-state index in [9.17, 15) is 9.90 Å². The monoisotopic (exact) mass is 552 g/mol. The van der Waals surface area contributed by atoms with Crippen LogP contribution in [-0.2, 0) is 6.42 Å². The van der Waals surface area contributed by atoms with Gasteiger partial charge in [0.1, 0.15) is 17.1 Å². The Bertz CT molecular complexity index is 908. The Labute approximate surface area is 165 Å². The summed E-state index contributed by atoms with van der Waals surface area (Å²) in [6.45, 7) is 1.94. The van der Waals surface area contributed by atoms with Crippen LogP contribution in [0.25, 0.3) is 11.0 Å². The summed E-state index contributed by atoms with van der Waals surface area (Å²) in [5, 5.41) is 11.2. The molecule has 0 aliphatic heterocycles. The Morgan fingerprint density at radius 3 is 2.48 bits per heavy atom. The average molecular weight is 553 g/mol. The molecule has 6 heteroatoms. The number of aryl methyl sites for hydroxylation is 1. The van der Waals surface area contributed by atoms with Gasteiger partial charge in [-0.15, -0.1) is 0 Å². The van der Waals surface area contributed by atoms with Crippen molar-refractivity contribution in [1.29, 1.82) is 0 Å². The zero-order chi connectivity index (χ0) is 16.7. The minimum Gasteiger partial charge on any atom is -0.506 e. The van der Waals surface area contributed by atoms with Crippen molar-refractivity contribution in [3.8, 4) is 5.75 Å². The fraction of sp³-hybridized carbons (Fsp3) is 0.118. The van der Waals surface area contributed by atoms with Gasteiger partial charge in [-0.1, -0.05) is 18.5 Å². The number of fused-ring (bicyclic) bond motifs is 1. The van der Waals surface area contributed by atoms with Gasteiger partial charge >= 0.3 is 0 Å². The Kier molecular flexibility index (Phi) is 4.89. The maximum absolute atomic E-state index is 13.0. The fourth-order valence-corrected chi connectivity index (χ4v) is 4.40. The third-order valence-electron chi connectivity index (χ3n) is 3.55. The van der Waals surface area contributed by atoms with Crippen molar-refractivity contribution in [1.82, 2.24) is 0 Å². The van der Waals surface area contributed by atoms with Crippen molar-refractivity contribution >= 4 is 73.5 Å². The summed E-state index contributed by atoms with van der Waals surface area (Å²) in [5.41, 5.74) is 1.72. The molecule has 0 aliphatic carbocycles. The second-order valence-corrected chi connectivity index (χ2v) is 7.77. The van der Waals surface area contributed by atoms with E-state index in [1.165, 1.54) is 0 Å². The van der Waals surface area contributed by atoms with Gasteiger partial charge in [0.15, 0.2) is 5.78 Å². The molecule has 1 aromatic heterocycles. The molecule has 0 amide bonds. The summed E-state index contributed by atoms with van der Waals surface area (Å²) in [6.07, 6.45) is 0.611. The molecule has 3 aromatic rings. The molecule has 0 aliphatic rings. The Balaban J connectivity index is 2.23. The predicted octanol–water partition coefficient (Wildman–Crippen LogP) is 5.79. The molecule has 2 aromatic carbocycles. The number of ketones is 1. The van der Waals surface area contributed by atoms with Crippen LogP contribution in [0, 0.1) is 7.14 Å². The van der Waals surface area contributed by atoms with E-state index in [2.05, 4.69) is 0 Å². The smallest absolute Gasteiger partial charge is 0.197 e. The molecule has 0 radical (unpaired) electrons. The maximum atomic E-state index is 13.0. The van der Waals surface area contributed by atoms with Crippen molar-refractivity contribution in [2.45, 2.75) is 13.3 Å². The van der Waals surface area contributed by atoms with E-state index in [1.807, 2.05) is 52.1 Å². The van der Waals surface area contributed by atoms with Crippen LogP contribution in [0.1, 0.15) is 28.6 Å². The van der Waals surface area contributed by atoms with E-state index in [0.29, 0.717) is 41.1 Å². The van der Waals surface area contributed by atoms with Gasteiger partial charge < -0.3 is 9.52 Å². The third-order valence-corrected chi connectivity index (χ3v) is 5.43. The Hall–Kier alpha value is -0.800. The summed E-state index contributed by atoms with van der Waals surface area (Å²) in [6, 6.07) is 8.64. The molecule has 0 saturated carbocycles. The molecule has 0 saturated heterocycles. The molecule has 3 nitrogen and oxygen atoms in total. The lowest BCUT2D eigenvalue weighted by Crippen LogP contribution is -2.04.